The van der Waals surface area contributed by atoms with Crippen LogP contribution in [0.25, 0.3) is 0 Å². The van der Waals surface area contributed by atoms with Crippen molar-refractivity contribution in [2.45, 2.75) is 95.5 Å². The molecule has 134 valence electrons. The maximum absolute atomic E-state index is 11.8. The van der Waals surface area contributed by atoms with Gasteiger partial charge < -0.3 is 20.1 Å². The van der Waals surface area contributed by atoms with Crippen LogP contribution in [-0.4, -0.2) is 45.7 Å². The molecule has 0 aliphatic carbocycles. The lowest BCUT2D eigenvalue weighted by atomic mass is 9.99. The van der Waals surface area contributed by atoms with Gasteiger partial charge in [-0.2, -0.15) is 0 Å². The van der Waals surface area contributed by atoms with Gasteiger partial charge >= 0.3 is 5.97 Å². The fraction of sp³-hybridized carbons (Fsp3) is 0.833. The normalized spacial score (nSPS) is 30.7. The number of carbonyl (C=O) groups excluding carboxylic acids is 1. The first-order valence-corrected chi connectivity index (χ1v) is 8.95. The van der Waals surface area contributed by atoms with E-state index in [1.54, 1.807) is 0 Å². The summed E-state index contributed by atoms with van der Waals surface area (Å²) in [6.45, 7) is 2.19. The number of hydrogen-bond acceptors (Lipinski definition) is 5. The van der Waals surface area contributed by atoms with E-state index in [2.05, 4.69) is 6.92 Å². The van der Waals surface area contributed by atoms with Crippen LogP contribution in [0, 0.1) is 0 Å². The van der Waals surface area contributed by atoms with Gasteiger partial charge in [0.05, 0.1) is 24.7 Å². The molecule has 1 aliphatic rings. The molecule has 1 rings (SSSR count). The van der Waals surface area contributed by atoms with E-state index in [1.807, 2.05) is 0 Å². The molecule has 0 saturated heterocycles. The second-order valence-corrected chi connectivity index (χ2v) is 6.47. The molecule has 0 amide bonds. The highest BCUT2D eigenvalue weighted by atomic mass is 16.5. The van der Waals surface area contributed by atoms with Gasteiger partial charge in [-0.15, -0.1) is 0 Å². The van der Waals surface area contributed by atoms with Gasteiger partial charge in [-0.05, 0) is 12.8 Å². The minimum Gasteiger partial charge on any atom is -0.462 e. The molecule has 0 radical (unpaired) electrons. The maximum atomic E-state index is 11.8. The molecule has 4 atom stereocenters. The Morgan fingerprint density at radius 2 is 1.70 bits per heavy atom. The molecule has 0 unspecified atom stereocenters. The predicted molar refractivity (Wildman–Crippen MR) is 88.9 cm³/mol. The van der Waals surface area contributed by atoms with Crippen molar-refractivity contribution >= 4 is 5.97 Å². The Morgan fingerprint density at radius 1 is 1.04 bits per heavy atom. The molecule has 0 aromatic carbocycles. The molecule has 0 aromatic heterocycles. The molecule has 23 heavy (non-hydrogen) atoms. The van der Waals surface area contributed by atoms with Crippen molar-refractivity contribution in [3.05, 3.63) is 12.2 Å². The molecular weight excluding hydrogens is 296 g/mol. The first-order chi connectivity index (χ1) is 11.0. The molecule has 0 fully saturated rings. The number of esters is 1. The third kappa shape index (κ3) is 9.08. The topological polar surface area (TPSA) is 87.0 Å². The van der Waals surface area contributed by atoms with E-state index in [1.165, 1.54) is 44.3 Å². The lowest BCUT2D eigenvalue weighted by molar-refractivity contribution is -0.153. The summed E-state index contributed by atoms with van der Waals surface area (Å²) in [4.78, 5) is 11.8. The van der Waals surface area contributed by atoms with Crippen molar-refractivity contribution in [3.8, 4) is 0 Å². The number of carbonyl (C=O) groups is 1. The largest absolute Gasteiger partial charge is 0.462 e. The average molecular weight is 328 g/mol. The summed E-state index contributed by atoms with van der Waals surface area (Å²) >= 11 is 0. The van der Waals surface area contributed by atoms with Crippen molar-refractivity contribution in [1.29, 1.82) is 0 Å². The minimum absolute atomic E-state index is 0.118. The van der Waals surface area contributed by atoms with Gasteiger partial charge in [0.2, 0.25) is 0 Å². The average Bonchev–Trinajstić information content (AvgIpc) is 2.50. The van der Waals surface area contributed by atoms with E-state index in [-0.39, 0.29) is 12.8 Å². The van der Waals surface area contributed by atoms with Crippen molar-refractivity contribution < 1.29 is 24.9 Å². The van der Waals surface area contributed by atoms with Crippen LogP contribution in [0.1, 0.15) is 71.1 Å². The Morgan fingerprint density at radius 3 is 2.39 bits per heavy atom. The quantitative estimate of drug-likeness (QED) is 0.362. The molecule has 5 nitrogen and oxygen atoms in total. The van der Waals surface area contributed by atoms with Gasteiger partial charge in [0, 0.05) is 6.42 Å². The first kappa shape index (κ1) is 20.1. The molecule has 0 aromatic rings. The number of cyclic esters (lactones) is 1. The first-order valence-electron chi connectivity index (χ1n) is 8.95. The van der Waals surface area contributed by atoms with Gasteiger partial charge in [-0.25, -0.2) is 0 Å². The summed E-state index contributed by atoms with van der Waals surface area (Å²) in [5.41, 5.74) is 0. The van der Waals surface area contributed by atoms with Gasteiger partial charge in [-0.3, -0.25) is 4.79 Å². The predicted octanol–water partition coefficient (Wildman–Crippen LogP) is 2.47. The zero-order chi connectivity index (χ0) is 17.1. The third-order valence-electron chi connectivity index (χ3n) is 4.23. The molecule has 5 heteroatoms. The Labute approximate surface area is 139 Å². The number of aliphatic hydroxyl groups excluding tert-OH is 3. The van der Waals surface area contributed by atoms with Crippen molar-refractivity contribution in [2.75, 3.05) is 0 Å². The van der Waals surface area contributed by atoms with Crippen LogP contribution in [-0.2, 0) is 9.53 Å². The van der Waals surface area contributed by atoms with E-state index in [9.17, 15) is 20.1 Å². The highest BCUT2D eigenvalue weighted by Gasteiger charge is 2.24. The molecule has 3 N–H and O–H groups in total. The van der Waals surface area contributed by atoms with Crippen molar-refractivity contribution in [3.63, 3.8) is 0 Å². The van der Waals surface area contributed by atoms with Crippen LogP contribution >= 0.6 is 0 Å². The Bertz CT molecular complexity index is 355. The summed E-state index contributed by atoms with van der Waals surface area (Å²) in [7, 11) is 0. The number of aliphatic hydroxyl groups is 3. The second-order valence-electron chi connectivity index (χ2n) is 6.47. The maximum Gasteiger partial charge on any atom is 0.309 e. The van der Waals surface area contributed by atoms with E-state index in [0.717, 1.165) is 12.8 Å². The summed E-state index contributed by atoms with van der Waals surface area (Å²) in [5.74, 6) is -0.460. The van der Waals surface area contributed by atoms with Crippen LogP contribution in [0.3, 0.4) is 0 Å². The number of hydrogen-bond donors (Lipinski definition) is 3. The van der Waals surface area contributed by atoms with Gasteiger partial charge in [-0.1, -0.05) is 57.6 Å². The summed E-state index contributed by atoms with van der Waals surface area (Å²) in [5, 5.41) is 29.4. The Kier molecular flexibility index (Phi) is 10.2. The SMILES string of the molecule is CCCCCCCCC[C@H]1C[C@@H](O)[C@H](O)/C=C/[C@H](O)CC(=O)O1. The fourth-order valence-electron chi connectivity index (χ4n) is 2.81. The smallest absolute Gasteiger partial charge is 0.309 e. The molecule has 0 spiro atoms. The lowest BCUT2D eigenvalue weighted by Gasteiger charge is -2.24. The second kappa shape index (κ2) is 11.6. The summed E-state index contributed by atoms with van der Waals surface area (Å²) in [6, 6.07) is 0. The number of unbranched alkanes of at least 4 members (excludes halogenated alkanes) is 6. The van der Waals surface area contributed by atoms with Crippen LogP contribution in [0.2, 0.25) is 0 Å². The zero-order valence-electron chi connectivity index (χ0n) is 14.2. The highest BCUT2D eigenvalue weighted by Crippen LogP contribution is 2.18. The van der Waals surface area contributed by atoms with Crippen LogP contribution < -0.4 is 0 Å². The van der Waals surface area contributed by atoms with E-state index < -0.39 is 30.4 Å². The van der Waals surface area contributed by atoms with Gasteiger partial charge in [0.25, 0.3) is 0 Å². The van der Waals surface area contributed by atoms with Crippen LogP contribution in [0.15, 0.2) is 12.2 Å². The standard InChI is InChI=1S/C18H32O5/c1-2-3-4-5-6-7-8-9-15-13-17(21)16(20)11-10-14(19)12-18(22)23-15/h10-11,14-17,19-21H,2-9,12-13H2,1H3/b11-10+/t14-,15-,16+,17+/m0/s1. The van der Waals surface area contributed by atoms with Crippen molar-refractivity contribution in [1.82, 2.24) is 0 Å². The molecule has 1 heterocycles. The summed E-state index contributed by atoms with van der Waals surface area (Å²) < 4.78 is 5.36. The van der Waals surface area contributed by atoms with E-state index in [0.29, 0.717) is 6.42 Å². The lowest BCUT2D eigenvalue weighted by Crippen LogP contribution is -2.33. The summed E-state index contributed by atoms with van der Waals surface area (Å²) in [6.07, 6.45) is 8.25. The van der Waals surface area contributed by atoms with Crippen LogP contribution in [0.4, 0.5) is 0 Å². The molecular formula is C18H32O5. The molecule has 0 bridgehead atoms. The van der Waals surface area contributed by atoms with Crippen LogP contribution in [0.5, 0.6) is 0 Å². The fourth-order valence-corrected chi connectivity index (χ4v) is 2.81. The molecule has 0 saturated carbocycles. The molecule has 1 aliphatic heterocycles. The third-order valence-corrected chi connectivity index (χ3v) is 4.23. The minimum atomic E-state index is -1.04. The number of rotatable bonds is 8. The monoisotopic (exact) mass is 328 g/mol. The van der Waals surface area contributed by atoms with E-state index in [4.69, 9.17) is 4.74 Å². The van der Waals surface area contributed by atoms with Gasteiger partial charge in [0.15, 0.2) is 0 Å². The zero-order valence-corrected chi connectivity index (χ0v) is 14.2. The van der Waals surface area contributed by atoms with Gasteiger partial charge in [0.1, 0.15) is 6.10 Å². The Balaban J connectivity index is 2.39. The Hall–Kier alpha value is -0.910. The highest BCUT2D eigenvalue weighted by molar-refractivity contribution is 5.70. The number of ether oxygens (including phenoxy) is 1. The van der Waals surface area contributed by atoms with Crippen molar-refractivity contribution in [2.24, 2.45) is 0 Å². The van der Waals surface area contributed by atoms with E-state index >= 15 is 0 Å².